The maximum Gasteiger partial charge on any atom is 0.237 e. The van der Waals surface area contributed by atoms with Crippen molar-refractivity contribution in [3.63, 3.8) is 0 Å². The smallest absolute Gasteiger partial charge is 0.237 e. The fourth-order valence-corrected chi connectivity index (χ4v) is 2.63. The maximum atomic E-state index is 11.8. The molecule has 0 aromatic heterocycles. The molecule has 76 valence electrons. The summed E-state index contributed by atoms with van der Waals surface area (Å²) in [6, 6.07) is 7.97. The number of benzene rings is 1. The van der Waals surface area contributed by atoms with Crippen LogP contribution in [-0.2, 0) is 21.4 Å². The Morgan fingerprint density at radius 3 is 2.73 bits per heavy atom. The molecule has 0 bridgehead atoms. The van der Waals surface area contributed by atoms with E-state index in [2.05, 4.69) is 5.32 Å². The maximum absolute atomic E-state index is 11.8. The van der Waals surface area contributed by atoms with Crippen molar-refractivity contribution in [2.45, 2.75) is 24.7 Å². The summed E-state index contributed by atoms with van der Waals surface area (Å²) in [4.78, 5) is 22.9. The summed E-state index contributed by atoms with van der Waals surface area (Å²) >= 11 is 0. The Balaban J connectivity index is 2.02. The zero-order valence-electron chi connectivity index (χ0n) is 8.25. The van der Waals surface area contributed by atoms with Gasteiger partial charge >= 0.3 is 0 Å². The first-order valence-electron chi connectivity index (χ1n) is 5.15. The first kappa shape index (κ1) is 8.65. The third-order valence-electron chi connectivity index (χ3n) is 3.49. The van der Waals surface area contributed by atoms with Crippen molar-refractivity contribution in [3.8, 4) is 0 Å². The summed E-state index contributed by atoms with van der Waals surface area (Å²) in [5.41, 5.74) is 1.95. The molecule has 1 N–H and O–H groups in total. The van der Waals surface area contributed by atoms with Gasteiger partial charge in [-0.2, -0.15) is 0 Å². The first-order chi connectivity index (χ1) is 7.22. The van der Waals surface area contributed by atoms with Crippen LogP contribution in [0.15, 0.2) is 24.3 Å². The Kier molecular flexibility index (Phi) is 1.55. The van der Waals surface area contributed by atoms with Crippen molar-refractivity contribution >= 4 is 11.8 Å². The molecule has 1 heterocycles. The summed E-state index contributed by atoms with van der Waals surface area (Å²) in [6.07, 6.45) is 1.90. The molecular weight excluding hydrogens is 190 g/mol. The predicted octanol–water partition coefficient (Wildman–Crippen LogP) is 0.917. The van der Waals surface area contributed by atoms with Crippen molar-refractivity contribution in [2.75, 3.05) is 0 Å². The van der Waals surface area contributed by atoms with Gasteiger partial charge in [0.2, 0.25) is 11.8 Å². The van der Waals surface area contributed by atoms with E-state index in [0.29, 0.717) is 12.8 Å². The highest BCUT2D eigenvalue weighted by atomic mass is 16.2. The number of carbonyl (C=O) groups is 2. The number of carbonyl (C=O) groups excluding carboxylic acids is 2. The molecule has 3 heteroatoms. The van der Waals surface area contributed by atoms with Gasteiger partial charge in [0.15, 0.2) is 0 Å². The molecule has 1 unspecified atom stereocenters. The zero-order chi connectivity index (χ0) is 10.5. The van der Waals surface area contributed by atoms with Crippen molar-refractivity contribution < 1.29 is 9.59 Å². The second kappa shape index (κ2) is 2.69. The minimum atomic E-state index is -0.398. The molecule has 0 saturated carbocycles. The van der Waals surface area contributed by atoms with Gasteiger partial charge in [-0.15, -0.1) is 0 Å². The standard InChI is InChI=1S/C12H11NO2/c14-10-5-6-12(11(15)13-10)7-8-3-1-2-4-9(8)12/h1-4H,5-7H2,(H,13,14,15). The summed E-state index contributed by atoms with van der Waals surface area (Å²) in [6.45, 7) is 0. The fraction of sp³-hybridized carbons (Fsp3) is 0.333. The van der Waals surface area contributed by atoms with Crippen LogP contribution < -0.4 is 5.32 Å². The van der Waals surface area contributed by atoms with E-state index in [-0.39, 0.29) is 11.8 Å². The molecule has 1 aromatic carbocycles. The molecule has 1 fully saturated rings. The number of hydrogen-bond acceptors (Lipinski definition) is 2. The fourth-order valence-electron chi connectivity index (χ4n) is 2.63. The van der Waals surface area contributed by atoms with Crippen molar-refractivity contribution in [1.82, 2.24) is 5.32 Å². The summed E-state index contributed by atoms with van der Waals surface area (Å²) < 4.78 is 0. The molecule has 3 rings (SSSR count). The van der Waals surface area contributed by atoms with Crippen LogP contribution in [0, 0.1) is 0 Å². The first-order valence-corrected chi connectivity index (χ1v) is 5.15. The van der Waals surface area contributed by atoms with Gasteiger partial charge in [0.25, 0.3) is 0 Å². The minimum absolute atomic E-state index is 0.113. The van der Waals surface area contributed by atoms with Gasteiger partial charge in [-0.05, 0) is 24.0 Å². The van der Waals surface area contributed by atoms with Crippen LogP contribution in [0.2, 0.25) is 0 Å². The molecular formula is C12H11NO2. The predicted molar refractivity (Wildman–Crippen MR) is 54.2 cm³/mol. The minimum Gasteiger partial charge on any atom is -0.296 e. The van der Waals surface area contributed by atoms with Gasteiger partial charge in [-0.3, -0.25) is 14.9 Å². The highest BCUT2D eigenvalue weighted by molar-refractivity contribution is 6.05. The van der Waals surface area contributed by atoms with Crippen molar-refractivity contribution in [1.29, 1.82) is 0 Å². The van der Waals surface area contributed by atoms with Gasteiger partial charge in [-0.25, -0.2) is 0 Å². The van der Waals surface area contributed by atoms with Crippen LogP contribution in [0.1, 0.15) is 24.0 Å². The molecule has 2 aliphatic rings. The summed E-state index contributed by atoms with van der Waals surface area (Å²) in [5.74, 6) is -0.257. The Hall–Kier alpha value is -1.64. The molecule has 0 radical (unpaired) electrons. The second-order valence-electron chi connectivity index (χ2n) is 4.29. The van der Waals surface area contributed by atoms with Crippen LogP contribution in [0.4, 0.5) is 0 Å². The van der Waals surface area contributed by atoms with Crippen LogP contribution in [-0.4, -0.2) is 11.8 Å². The van der Waals surface area contributed by atoms with E-state index in [1.54, 1.807) is 0 Å². The highest BCUT2D eigenvalue weighted by Crippen LogP contribution is 2.45. The Morgan fingerprint density at radius 2 is 2.00 bits per heavy atom. The van der Waals surface area contributed by atoms with Crippen LogP contribution in [0.5, 0.6) is 0 Å². The molecule has 1 atom stereocenters. The van der Waals surface area contributed by atoms with E-state index in [1.807, 2.05) is 24.3 Å². The molecule has 1 saturated heterocycles. The monoisotopic (exact) mass is 201 g/mol. The number of piperidine rings is 1. The van der Waals surface area contributed by atoms with E-state index in [0.717, 1.165) is 12.0 Å². The third kappa shape index (κ3) is 1.00. The molecule has 1 spiro atoms. The lowest BCUT2D eigenvalue weighted by Crippen LogP contribution is -2.57. The molecule has 1 aliphatic carbocycles. The molecule has 3 nitrogen and oxygen atoms in total. The van der Waals surface area contributed by atoms with E-state index in [1.165, 1.54) is 5.56 Å². The van der Waals surface area contributed by atoms with Crippen molar-refractivity contribution in [2.24, 2.45) is 0 Å². The van der Waals surface area contributed by atoms with Gasteiger partial charge in [-0.1, -0.05) is 24.3 Å². The van der Waals surface area contributed by atoms with Gasteiger partial charge < -0.3 is 0 Å². The lowest BCUT2D eigenvalue weighted by molar-refractivity contribution is -0.138. The molecule has 1 aliphatic heterocycles. The number of amides is 2. The van der Waals surface area contributed by atoms with Gasteiger partial charge in [0, 0.05) is 6.42 Å². The van der Waals surface area contributed by atoms with E-state index >= 15 is 0 Å². The average Bonchev–Trinajstić information content (AvgIpc) is 2.18. The second-order valence-corrected chi connectivity index (χ2v) is 4.29. The zero-order valence-corrected chi connectivity index (χ0v) is 8.25. The van der Waals surface area contributed by atoms with Crippen LogP contribution in [0.25, 0.3) is 0 Å². The van der Waals surface area contributed by atoms with E-state index in [4.69, 9.17) is 0 Å². The number of fused-ring (bicyclic) bond motifs is 2. The third-order valence-corrected chi connectivity index (χ3v) is 3.49. The number of hydrogen-bond donors (Lipinski definition) is 1. The molecule has 15 heavy (non-hydrogen) atoms. The Bertz CT molecular complexity index is 466. The Morgan fingerprint density at radius 1 is 1.20 bits per heavy atom. The topological polar surface area (TPSA) is 46.2 Å². The highest BCUT2D eigenvalue weighted by Gasteiger charge is 2.51. The van der Waals surface area contributed by atoms with E-state index < -0.39 is 5.41 Å². The number of rotatable bonds is 0. The van der Waals surface area contributed by atoms with Crippen LogP contribution in [0.3, 0.4) is 0 Å². The summed E-state index contributed by atoms with van der Waals surface area (Å²) in [5, 5.41) is 2.44. The quantitative estimate of drug-likeness (QED) is 0.634. The van der Waals surface area contributed by atoms with E-state index in [9.17, 15) is 9.59 Å². The lowest BCUT2D eigenvalue weighted by atomic mass is 9.60. The largest absolute Gasteiger partial charge is 0.296 e. The molecule has 2 amide bonds. The molecule has 1 aromatic rings. The van der Waals surface area contributed by atoms with Gasteiger partial charge in [0.05, 0.1) is 5.41 Å². The number of imide groups is 1. The average molecular weight is 201 g/mol. The lowest BCUT2D eigenvalue weighted by Gasteiger charge is -2.44. The van der Waals surface area contributed by atoms with Crippen LogP contribution >= 0.6 is 0 Å². The normalized spacial score (nSPS) is 28.3. The summed E-state index contributed by atoms with van der Waals surface area (Å²) in [7, 11) is 0. The Labute approximate surface area is 87.5 Å². The SMILES string of the molecule is O=C1CCC2(Cc3ccccc32)C(=O)N1. The van der Waals surface area contributed by atoms with Gasteiger partial charge in [0.1, 0.15) is 0 Å². The van der Waals surface area contributed by atoms with Crippen molar-refractivity contribution in [3.05, 3.63) is 35.4 Å². The number of nitrogens with one attached hydrogen (secondary N) is 1.